The second-order valence-corrected chi connectivity index (χ2v) is 6.80. The van der Waals surface area contributed by atoms with Crippen LogP contribution in [0.3, 0.4) is 0 Å². The van der Waals surface area contributed by atoms with E-state index in [4.69, 9.17) is 0 Å². The summed E-state index contributed by atoms with van der Waals surface area (Å²) in [6.45, 7) is 7.28. The molecule has 3 heteroatoms. The van der Waals surface area contributed by atoms with Crippen molar-refractivity contribution in [3.63, 3.8) is 0 Å². The van der Waals surface area contributed by atoms with Gasteiger partial charge in [0.25, 0.3) is 0 Å². The molecule has 110 valence electrons. The van der Waals surface area contributed by atoms with Gasteiger partial charge >= 0.3 is 0 Å². The standard InChI is InChI=1S/C16H30N2O/c1-3-7-16(8-9-17-12-16)15(19)18-11-14-6-4-5-13(2)10-14/h13-14,17H,3-12H2,1-2H3,(H,18,19). The minimum Gasteiger partial charge on any atom is -0.355 e. The van der Waals surface area contributed by atoms with Gasteiger partial charge in [0.1, 0.15) is 0 Å². The van der Waals surface area contributed by atoms with E-state index < -0.39 is 0 Å². The number of nitrogens with one attached hydrogen (secondary N) is 2. The van der Waals surface area contributed by atoms with E-state index in [1.165, 1.54) is 25.7 Å². The van der Waals surface area contributed by atoms with Crippen LogP contribution in [0.4, 0.5) is 0 Å². The maximum atomic E-state index is 12.5. The predicted molar refractivity (Wildman–Crippen MR) is 79.0 cm³/mol. The van der Waals surface area contributed by atoms with E-state index in [0.717, 1.165) is 44.8 Å². The first-order valence-electron chi connectivity index (χ1n) is 8.15. The first kappa shape index (κ1) is 14.8. The minimum absolute atomic E-state index is 0.116. The topological polar surface area (TPSA) is 41.1 Å². The van der Waals surface area contributed by atoms with Crippen molar-refractivity contribution in [2.24, 2.45) is 17.3 Å². The Morgan fingerprint density at radius 2 is 2.26 bits per heavy atom. The van der Waals surface area contributed by atoms with Crippen LogP contribution in [0.15, 0.2) is 0 Å². The van der Waals surface area contributed by atoms with Crippen molar-refractivity contribution in [2.45, 2.75) is 58.8 Å². The summed E-state index contributed by atoms with van der Waals surface area (Å²) in [6, 6.07) is 0. The van der Waals surface area contributed by atoms with E-state index in [1.807, 2.05) is 0 Å². The molecule has 3 atom stereocenters. The maximum Gasteiger partial charge on any atom is 0.227 e. The van der Waals surface area contributed by atoms with Crippen molar-refractivity contribution in [2.75, 3.05) is 19.6 Å². The van der Waals surface area contributed by atoms with Gasteiger partial charge in [-0.3, -0.25) is 4.79 Å². The average Bonchev–Trinajstić information content (AvgIpc) is 2.86. The van der Waals surface area contributed by atoms with Gasteiger partial charge in [-0.1, -0.05) is 33.1 Å². The summed E-state index contributed by atoms with van der Waals surface area (Å²) >= 11 is 0. The lowest BCUT2D eigenvalue weighted by Gasteiger charge is -2.30. The van der Waals surface area contributed by atoms with Crippen LogP contribution in [-0.2, 0) is 4.79 Å². The smallest absolute Gasteiger partial charge is 0.227 e. The predicted octanol–water partition coefficient (Wildman–Crippen LogP) is 2.71. The number of hydrogen-bond donors (Lipinski definition) is 2. The Labute approximate surface area is 117 Å². The summed E-state index contributed by atoms with van der Waals surface area (Å²) in [5.74, 6) is 1.85. The molecule has 0 spiro atoms. The van der Waals surface area contributed by atoms with E-state index in [9.17, 15) is 4.79 Å². The normalized spacial score (nSPS) is 35.3. The Hall–Kier alpha value is -0.570. The second kappa shape index (κ2) is 6.74. The molecule has 3 nitrogen and oxygen atoms in total. The molecule has 0 aromatic heterocycles. The van der Waals surface area contributed by atoms with Crippen molar-refractivity contribution in [3.05, 3.63) is 0 Å². The van der Waals surface area contributed by atoms with Crippen LogP contribution in [0.25, 0.3) is 0 Å². The number of amides is 1. The minimum atomic E-state index is -0.116. The van der Waals surface area contributed by atoms with Crippen molar-refractivity contribution in [1.29, 1.82) is 0 Å². The van der Waals surface area contributed by atoms with Crippen LogP contribution >= 0.6 is 0 Å². The zero-order chi connectivity index (χ0) is 13.7. The molecule has 0 bridgehead atoms. The molecule has 1 heterocycles. The van der Waals surface area contributed by atoms with Crippen molar-refractivity contribution in [1.82, 2.24) is 10.6 Å². The highest BCUT2D eigenvalue weighted by Crippen LogP contribution is 2.32. The molecule has 19 heavy (non-hydrogen) atoms. The highest BCUT2D eigenvalue weighted by molar-refractivity contribution is 5.83. The fourth-order valence-corrected chi connectivity index (χ4v) is 3.91. The van der Waals surface area contributed by atoms with E-state index in [1.54, 1.807) is 0 Å². The summed E-state index contributed by atoms with van der Waals surface area (Å²) in [7, 11) is 0. The summed E-state index contributed by atoms with van der Waals surface area (Å²) in [4.78, 5) is 12.5. The molecule has 1 aliphatic heterocycles. The Morgan fingerprint density at radius 3 is 2.89 bits per heavy atom. The average molecular weight is 266 g/mol. The van der Waals surface area contributed by atoms with Gasteiger partial charge in [-0.25, -0.2) is 0 Å². The molecule has 1 saturated carbocycles. The number of rotatable bonds is 5. The molecule has 1 saturated heterocycles. The van der Waals surface area contributed by atoms with Gasteiger partial charge in [0.15, 0.2) is 0 Å². The Morgan fingerprint density at radius 1 is 1.42 bits per heavy atom. The third kappa shape index (κ3) is 3.71. The van der Waals surface area contributed by atoms with Crippen molar-refractivity contribution in [3.8, 4) is 0 Å². The fourth-order valence-electron chi connectivity index (χ4n) is 3.91. The van der Waals surface area contributed by atoms with Crippen LogP contribution in [0.2, 0.25) is 0 Å². The van der Waals surface area contributed by atoms with Crippen LogP contribution in [-0.4, -0.2) is 25.5 Å². The molecule has 3 unspecified atom stereocenters. The highest BCUT2D eigenvalue weighted by atomic mass is 16.2. The first-order valence-corrected chi connectivity index (χ1v) is 8.15. The summed E-state index contributed by atoms with van der Waals surface area (Å²) < 4.78 is 0. The zero-order valence-corrected chi connectivity index (χ0v) is 12.6. The number of carbonyl (C=O) groups is 1. The number of hydrogen-bond acceptors (Lipinski definition) is 2. The lowest BCUT2D eigenvalue weighted by molar-refractivity contribution is -0.130. The van der Waals surface area contributed by atoms with Gasteiger partial charge in [0, 0.05) is 13.1 Å². The molecule has 0 aromatic rings. The van der Waals surface area contributed by atoms with Gasteiger partial charge in [-0.05, 0) is 44.1 Å². The van der Waals surface area contributed by atoms with Crippen LogP contribution in [0.5, 0.6) is 0 Å². The van der Waals surface area contributed by atoms with Gasteiger partial charge in [-0.15, -0.1) is 0 Å². The van der Waals surface area contributed by atoms with Crippen LogP contribution in [0.1, 0.15) is 58.8 Å². The van der Waals surface area contributed by atoms with E-state index in [-0.39, 0.29) is 5.41 Å². The Bertz CT molecular complexity index is 297. The molecule has 1 amide bonds. The molecular formula is C16H30N2O. The molecule has 1 aliphatic carbocycles. The Kier molecular flexibility index (Phi) is 5.26. The molecule has 2 rings (SSSR count). The fraction of sp³-hybridized carbons (Fsp3) is 0.938. The van der Waals surface area contributed by atoms with E-state index >= 15 is 0 Å². The van der Waals surface area contributed by atoms with Crippen molar-refractivity contribution >= 4 is 5.91 Å². The largest absolute Gasteiger partial charge is 0.355 e. The van der Waals surface area contributed by atoms with Gasteiger partial charge in [-0.2, -0.15) is 0 Å². The Balaban J connectivity index is 1.82. The zero-order valence-electron chi connectivity index (χ0n) is 12.6. The molecule has 2 fully saturated rings. The lowest BCUT2D eigenvalue weighted by Crippen LogP contribution is -2.44. The molecular weight excluding hydrogens is 236 g/mol. The third-order valence-corrected chi connectivity index (χ3v) is 5.05. The monoisotopic (exact) mass is 266 g/mol. The highest BCUT2D eigenvalue weighted by Gasteiger charge is 2.40. The molecule has 0 radical (unpaired) electrons. The molecule has 2 aliphatic rings. The second-order valence-electron chi connectivity index (χ2n) is 6.80. The third-order valence-electron chi connectivity index (χ3n) is 5.05. The SMILES string of the molecule is CCCC1(C(=O)NCC2CCCC(C)C2)CCNC1. The van der Waals surface area contributed by atoms with E-state index in [0.29, 0.717) is 11.8 Å². The van der Waals surface area contributed by atoms with E-state index in [2.05, 4.69) is 24.5 Å². The first-order chi connectivity index (χ1) is 9.16. The summed E-state index contributed by atoms with van der Waals surface area (Å²) in [5.41, 5.74) is -0.116. The van der Waals surface area contributed by atoms with Crippen molar-refractivity contribution < 1.29 is 4.79 Å². The summed E-state index contributed by atoms with van der Waals surface area (Å²) in [5, 5.41) is 6.62. The van der Waals surface area contributed by atoms with Crippen LogP contribution < -0.4 is 10.6 Å². The lowest BCUT2D eigenvalue weighted by atomic mass is 9.80. The number of carbonyl (C=O) groups excluding carboxylic acids is 1. The maximum absolute atomic E-state index is 12.5. The summed E-state index contributed by atoms with van der Waals surface area (Å²) in [6.07, 6.45) is 8.41. The quantitative estimate of drug-likeness (QED) is 0.803. The van der Waals surface area contributed by atoms with Gasteiger partial charge in [0.2, 0.25) is 5.91 Å². The van der Waals surface area contributed by atoms with Gasteiger partial charge < -0.3 is 10.6 Å². The molecule has 2 N–H and O–H groups in total. The van der Waals surface area contributed by atoms with Crippen LogP contribution in [0, 0.1) is 17.3 Å². The van der Waals surface area contributed by atoms with Gasteiger partial charge in [0.05, 0.1) is 5.41 Å². The molecule has 0 aromatic carbocycles.